The zero-order valence-electron chi connectivity index (χ0n) is 14.2. The van der Waals surface area contributed by atoms with Gasteiger partial charge < -0.3 is 14.6 Å². The number of nitrogens with one attached hydrogen (secondary N) is 1. The Bertz CT molecular complexity index is 778. The Kier molecular flexibility index (Phi) is 5.18. The lowest BCUT2D eigenvalue weighted by Gasteiger charge is -2.16. The smallest absolute Gasteiger partial charge is 0.354 e. The first kappa shape index (κ1) is 17.5. The summed E-state index contributed by atoms with van der Waals surface area (Å²) in [6, 6.07) is 8.76. The Balaban J connectivity index is 2.20. The van der Waals surface area contributed by atoms with Crippen molar-refractivity contribution in [2.75, 3.05) is 20.7 Å². The number of rotatable bonds is 5. The number of likely N-dealkylation sites (N-methyl/N-ethyl adjacent to an activating group) is 1. The maximum Gasteiger partial charge on any atom is 0.354 e. The number of aryl methyl sites for hydroxylation is 1. The van der Waals surface area contributed by atoms with E-state index >= 15 is 0 Å². The number of nitrogens with zero attached hydrogens (tertiary/aromatic N) is 1. The molecule has 2 rings (SSSR count). The molecule has 126 valence electrons. The van der Waals surface area contributed by atoms with Crippen molar-refractivity contribution in [1.29, 1.82) is 0 Å². The molecule has 6 nitrogen and oxygen atoms in total. The van der Waals surface area contributed by atoms with Crippen LogP contribution in [0.1, 0.15) is 42.5 Å². The normalized spacial score (nSPS) is 10.3. The van der Waals surface area contributed by atoms with Crippen LogP contribution < -0.4 is 0 Å². The molecule has 0 saturated heterocycles. The van der Waals surface area contributed by atoms with Crippen molar-refractivity contribution in [2.24, 2.45) is 0 Å². The van der Waals surface area contributed by atoms with Gasteiger partial charge in [-0.3, -0.25) is 9.59 Å². The number of Topliss-reactive ketones (excluding diaryl/α,β-unsaturated/α-hetero) is 1. The number of aromatic nitrogens is 1. The van der Waals surface area contributed by atoms with Gasteiger partial charge in [-0.2, -0.15) is 0 Å². The molecule has 0 bridgehead atoms. The van der Waals surface area contributed by atoms with Crippen LogP contribution in [-0.4, -0.2) is 48.2 Å². The van der Waals surface area contributed by atoms with E-state index in [2.05, 4.69) is 4.98 Å². The van der Waals surface area contributed by atoms with Gasteiger partial charge in [0.1, 0.15) is 5.69 Å². The second-order valence-electron chi connectivity index (χ2n) is 5.57. The van der Waals surface area contributed by atoms with Crippen LogP contribution in [0.4, 0.5) is 0 Å². The van der Waals surface area contributed by atoms with Crippen molar-refractivity contribution in [2.45, 2.75) is 13.8 Å². The highest BCUT2D eigenvalue weighted by Crippen LogP contribution is 2.19. The van der Waals surface area contributed by atoms with E-state index < -0.39 is 5.97 Å². The molecule has 1 amide bonds. The zero-order valence-corrected chi connectivity index (χ0v) is 14.2. The van der Waals surface area contributed by atoms with Crippen molar-refractivity contribution in [3.05, 3.63) is 58.4 Å². The molecule has 24 heavy (non-hydrogen) atoms. The number of benzene rings is 1. The molecule has 6 heteroatoms. The number of H-pyrrole nitrogens is 1. The predicted octanol–water partition coefficient (Wildman–Crippen LogP) is 2.37. The monoisotopic (exact) mass is 328 g/mol. The number of hydrogen-bond donors (Lipinski definition) is 1. The Hall–Kier alpha value is -2.89. The first-order chi connectivity index (χ1) is 11.4. The highest BCUT2D eigenvalue weighted by Gasteiger charge is 2.24. The molecular weight excluding hydrogens is 308 g/mol. The van der Waals surface area contributed by atoms with Gasteiger partial charge in [-0.25, -0.2) is 4.79 Å². The van der Waals surface area contributed by atoms with E-state index in [1.165, 1.54) is 12.0 Å². The first-order valence-electron chi connectivity index (χ1n) is 7.48. The van der Waals surface area contributed by atoms with Crippen LogP contribution in [0.25, 0.3) is 0 Å². The fraction of sp³-hybridized carbons (Fsp3) is 0.278. The van der Waals surface area contributed by atoms with Gasteiger partial charge in [0.05, 0.1) is 13.7 Å². The Morgan fingerprint density at radius 1 is 1.12 bits per heavy atom. The van der Waals surface area contributed by atoms with E-state index in [9.17, 15) is 14.4 Å². The van der Waals surface area contributed by atoms with Crippen molar-refractivity contribution in [3.8, 4) is 0 Å². The van der Waals surface area contributed by atoms with Gasteiger partial charge in [0.2, 0.25) is 0 Å². The average Bonchev–Trinajstić information content (AvgIpc) is 2.88. The van der Waals surface area contributed by atoms with Crippen LogP contribution in [0.2, 0.25) is 0 Å². The summed E-state index contributed by atoms with van der Waals surface area (Å²) in [5.41, 5.74) is 2.31. The molecule has 0 saturated carbocycles. The lowest BCUT2D eigenvalue weighted by molar-refractivity contribution is 0.0593. The molecule has 0 aliphatic carbocycles. The summed E-state index contributed by atoms with van der Waals surface area (Å²) in [4.78, 5) is 40.9. The van der Waals surface area contributed by atoms with E-state index in [4.69, 9.17) is 4.74 Å². The molecule has 0 aliphatic heterocycles. The summed E-state index contributed by atoms with van der Waals surface area (Å²) < 4.78 is 4.70. The van der Waals surface area contributed by atoms with Crippen LogP contribution in [0.3, 0.4) is 0 Å². The molecule has 1 aromatic heterocycles. The van der Waals surface area contributed by atoms with Crippen LogP contribution >= 0.6 is 0 Å². The minimum Gasteiger partial charge on any atom is -0.464 e. The molecule has 0 fully saturated rings. The Morgan fingerprint density at radius 2 is 1.75 bits per heavy atom. The minimum absolute atomic E-state index is 0.0755. The number of aromatic amines is 1. The third-order valence-corrected chi connectivity index (χ3v) is 3.85. The largest absolute Gasteiger partial charge is 0.464 e. The molecule has 0 radical (unpaired) electrons. The first-order valence-corrected chi connectivity index (χ1v) is 7.48. The van der Waals surface area contributed by atoms with Crippen LogP contribution in [0.5, 0.6) is 0 Å². The minimum atomic E-state index is -0.525. The number of ketones is 1. The van der Waals surface area contributed by atoms with Gasteiger partial charge in [0.15, 0.2) is 5.78 Å². The van der Waals surface area contributed by atoms with Crippen LogP contribution in [0, 0.1) is 13.8 Å². The molecule has 0 spiro atoms. The summed E-state index contributed by atoms with van der Waals surface area (Å²) in [5, 5.41) is 0. The van der Waals surface area contributed by atoms with Crippen molar-refractivity contribution < 1.29 is 19.1 Å². The van der Waals surface area contributed by atoms with Gasteiger partial charge in [0, 0.05) is 23.9 Å². The van der Waals surface area contributed by atoms with Gasteiger partial charge in [0.25, 0.3) is 5.91 Å². The molecule has 0 atom stereocenters. The molecule has 1 N–H and O–H groups in total. The second kappa shape index (κ2) is 7.12. The predicted molar refractivity (Wildman–Crippen MR) is 89.3 cm³/mol. The number of hydrogen-bond acceptors (Lipinski definition) is 4. The van der Waals surface area contributed by atoms with Crippen LogP contribution in [-0.2, 0) is 4.74 Å². The molecule has 0 aliphatic rings. The summed E-state index contributed by atoms with van der Waals surface area (Å²) in [6.45, 7) is 3.32. The third-order valence-electron chi connectivity index (χ3n) is 3.85. The summed E-state index contributed by atoms with van der Waals surface area (Å²) >= 11 is 0. The van der Waals surface area contributed by atoms with Crippen LogP contribution in [0.15, 0.2) is 30.3 Å². The van der Waals surface area contributed by atoms with E-state index in [0.29, 0.717) is 22.4 Å². The van der Waals surface area contributed by atoms with Gasteiger partial charge in [-0.05, 0) is 31.5 Å². The SMILES string of the molecule is COC(=O)c1[nH]c(C)c(C(=O)CN(C)C(=O)c2ccccc2)c1C. The van der Waals surface area contributed by atoms with E-state index in [1.807, 2.05) is 6.07 Å². The molecule has 2 aromatic rings. The van der Waals surface area contributed by atoms with Crippen molar-refractivity contribution >= 4 is 17.7 Å². The van der Waals surface area contributed by atoms with Crippen molar-refractivity contribution in [1.82, 2.24) is 9.88 Å². The van der Waals surface area contributed by atoms with E-state index in [-0.39, 0.29) is 23.9 Å². The lowest BCUT2D eigenvalue weighted by atomic mass is 10.0. The number of methoxy groups -OCH3 is 1. The Morgan fingerprint density at radius 3 is 2.33 bits per heavy atom. The molecule has 1 heterocycles. The maximum atomic E-state index is 12.6. The highest BCUT2D eigenvalue weighted by molar-refractivity contribution is 6.05. The average molecular weight is 328 g/mol. The second-order valence-corrected chi connectivity index (χ2v) is 5.57. The van der Waals surface area contributed by atoms with E-state index in [1.54, 1.807) is 45.2 Å². The summed E-state index contributed by atoms with van der Waals surface area (Å²) in [6.07, 6.45) is 0. The molecular formula is C18H20N2O4. The number of amides is 1. The molecule has 0 unspecified atom stereocenters. The number of carbonyl (C=O) groups excluding carboxylic acids is 3. The Labute approximate surface area is 140 Å². The third kappa shape index (κ3) is 3.37. The van der Waals surface area contributed by atoms with Crippen molar-refractivity contribution in [3.63, 3.8) is 0 Å². The lowest BCUT2D eigenvalue weighted by Crippen LogP contribution is -2.32. The number of carbonyl (C=O) groups is 3. The standard InChI is InChI=1S/C18H20N2O4/c1-11-15(12(2)19-16(11)18(23)24-4)14(21)10-20(3)17(22)13-8-6-5-7-9-13/h5-9,19H,10H2,1-4H3. The molecule has 1 aromatic carbocycles. The fourth-order valence-corrected chi connectivity index (χ4v) is 2.64. The fourth-order valence-electron chi connectivity index (χ4n) is 2.64. The highest BCUT2D eigenvalue weighted by atomic mass is 16.5. The maximum absolute atomic E-state index is 12.6. The number of ether oxygens (including phenoxy) is 1. The summed E-state index contributed by atoms with van der Waals surface area (Å²) in [7, 11) is 2.86. The number of esters is 1. The van der Waals surface area contributed by atoms with E-state index in [0.717, 1.165) is 0 Å². The van der Waals surface area contributed by atoms with Gasteiger partial charge in [-0.1, -0.05) is 18.2 Å². The summed E-state index contributed by atoms with van der Waals surface area (Å²) in [5.74, 6) is -0.991. The zero-order chi connectivity index (χ0) is 17.9. The topological polar surface area (TPSA) is 79.5 Å². The van der Waals surface area contributed by atoms with Gasteiger partial charge in [-0.15, -0.1) is 0 Å². The quantitative estimate of drug-likeness (QED) is 0.675. The van der Waals surface area contributed by atoms with Gasteiger partial charge >= 0.3 is 5.97 Å².